The van der Waals surface area contributed by atoms with E-state index in [-0.39, 0.29) is 0 Å². The van der Waals surface area contributed by atoms with Gasteiger partial charge in [0, 0.05) is 0 Å². The number of nitrogen functional groups attached to an aromatic ring is 1. The van der Waals surface area contributed by atoms with E-state index in [2.05, 4.69) is 4.98 Å². The van der Waals surface area contributed by atoms with Gasteiger partial charge in [0.2, 0.25) is 5.95 Å². The minimum atomic E-state index is 0.312. The van der Waals surface area contributed by atoms with Crippen molar-refractivity contribution in [1.82, 2.24) is 9.55 Å². The van der Waals surface area contributed by atoms with Crippen LogP contribution in [0.15, 0.2) is 36.4 Å². The molecule has 0 radical (unpaired) electrons. The minimum Gasteiger partial charge on any atom is -0.369 e. The average Bonchev–Trinajstić information content (AvgIpc) is 2.71. The number of benzene rings is 2. The van der Waals surface area contributed by atoms with Crippen LogP contribution in [0.1, 0.15) is 0 Å². The monoisotopic (exact) mass is 311 g/mol. The number of imidazole rings is 1. The molecule has 0 aliphatic rings. The van der Waals surface area contributed by atoms with Gasteiger partial charge in [-0.1, -0.05) is 46.9 Å². The molecule has 0 saturated heterocycles. The fraction of sp³-hybridized carbons (Fsp3) is 0. The lowest BCUT2D eigenvalue weighted by Crippen LogP contribution is -2.01. The van der Waals surface area contributed by atoms with Gasteiger partial charge in [0.25, 0.3) is 0 Å². The number of fused-ring (bicyclic) bond motifs is 1. The van der Waals surface area contributed by atoms with Crippen LogP contribution in [-0.4, -0.2) is 9.55 Å². The van der Waals surface area contributed by atoms with Crippen molar-refractivity contribution in [2.24, 2.45) is 0 Å². The van der Waals surface area contributed by atoms with E-state index in [1.54, 1.807) is 22.8 Å². The fourth-order valence-corrected chi connectivity index (χ4v) is 2.65. The number of anilines is 1. The van der Waals surface area contributed by atoms with E-state index in [0.717, 1.165) is 0 Å². The van der Waals surface area contributed by atoms with E-state index in [1.807, 2.05) is 18.2 Å². The molecule has 1 heterocycles. The molecule has 3 rings (SSSR count). The molecule has 2 aromatic carbocycles. The third-order valence-electron chi connectivity index (χ3n) is 2.83. The van der Waals surface area contributed by atoms with Gasteiger partial charge in [-0.25, -0.2) is 4.98 Å². The zero-order chi connectivity index (χ0) is 13.6. The number of aromatic nitrogens is 2. The van der Waals surface area contributed by atoms with Crippen molar-refractivity contribution in [1.29, 1.82) is 0 Å². The molecule has 0 unspecified atom stereocenters. The Morgan fingerprint density at radius 1 is 0.947 bits per heavy atom. The Balaban J connectivity index is 2.43. The second kappa shape index (κ2) is 4.60. The minimum absolute atomic E-state index is 0.312. The molecule has 19 heavy (non-hydrogen) atoms. The molecule has 0 saturated carbocycles. The zero-order valence-corrected chi connectivity index (χ0v) is 11.8. The topological polar surface area (TPSA) is 43.8 Å². The third kappa shape index (κ3) is 1.94. The van der Waals surface area contributed by atoms with Crippen LogP contribution in [-0.2, 0) is 0 Å². The molecular weight excluding hydrogens is 305 g/mol. The Morgan fingerprint density at radius 3 is 2.42 bits per heavy atom. The van der Waals surface area contributed by atoms with Crippen molar-refractivity contribution < 1.29 is 0 Å². The summed E-state index contributed by atoms with van der Waals surface area (Å²) in [6, 6.07) is 10.8. The third-order valence-corrected chi connectivity index (χ3v) is 3.94. The first-order chi connectivity index (χ1) is 9.09. The molecule has 0 amide bonds. The number of hydrogen-bond donors (Lipinski definition) is 1. The van der Waals surface area contributed by atoms with Gasteiger partial charge in [0.05, 0.1) is 31.8 Å². The van der Waals surface area contributed by atoms with Crippen LogP contribution in [0.5, 0.6) is 0 Å². The van der Waals surface area contributed by atoms with Gasteiger partial charge >= 0.3 is 0 Å². The number of nitrogens with zero attached hydrogens (tertiary/aromatic N) is 2. The first kappa shape index (κ1) is 12.6. The van der Waals surface area contributed by atoms with Crippen molar-refractivity contribution in [3.05, 3.63) is 51.5 Å². The molecule has 96 valence electrons. The van der Waals surface area contributed by atoms with Gasteiger partial charge in [-0.3, -0.25) is 4.57 Å². The largest absolute Gasteiger partial charge is 0.369 e. The summed E-state index contributed by atoms with van der Waals surface area (Å²) < 4.78 is 1.70. The molecule has 0 bridgehead atoms. The second-order valence-electron chi connectivity index (χ2n) is 3.99. The number of rotatable bonds is 1. The summed E-state index contributed by atoms with van der Waals surface area (Å²) in [6.07, 6.45) is 0. The summed E-state index contributed by atoms with van der Waals surface area (Å²) in [7, 11) is 0. The van der Waals surface area contributed by atoms with Crippen LogP contribution in [0.4, 0.5) is 5.95 Å². The van der Waals surface area contributed by atoms with Gasteiger partial charge in [0.1, 0.15) is 0 Å². The highest BCUT2D eigenvalue weighted by Gasteiger charge is 2.16. The Kier molecular flexibility index (Phi) is 3.05. The van der Waals surface area contributed by atoms with Crippen molar-refractivity contribution in [3.63, 3.8) is 0 Å². The molecule has 1 aromatic heterocycles. The Bertz CT molecular complexity index is 780. The summed E-state index contributed by atoms with van der Waals surface area (Å²) in [5.41, 5.74) is 8.04. The van der Waals surface area contributed by atoms with Crippen molar-refractivity contribution >= 4 is 51.8 Å². The number of para-hydroxylation sites is 1. The van der Waals surface area contributed by atoms with Gasteiger partial charge < -0.3 is 5.73 Å². The normalized spacial score (nSPS) is 11.1. The van der Waals surface area contributed by atoms with E-state index >= 15 is 0 Å². The Labute approximate surface area is 124 Å². The summed E-state index contributed by atoms with van der Waals surface area (Å²) >= 11 is 18.5. The van der Waals surface area contributed by atoms with Crippen molar-refractivity contribution in [3.8, 4) is 5.69 Å². The second-order valence-corrected chi connectivity index (χ2v) is 5.18. The lowest BCUT2D eigenvalue weighted by atomic mass is 10.2. The van der Waals surface area contributed by atoms with E-state index in [4.69, 9.17) is 40.5 Å². The van der Waals surface area contributed by atoms with Crippen LogP contribution >= 0.6 is 34.8 Å². The van der Waals surface area contributed by atoms with E-state index < -0.39 is 0 Å². The van der Waals surface area contributed by atoms with E-state index in [9.17, 15) is 0 Å². The van der Waals surface area contributed by atoms with E-state index in [0.29, 0.717) is 37.7 Å². The highest BCUT2D eigenvalue weighted by Crippen LogP contribution is 2.34. The molecule has 3 nitrogen and oxygen atoms in total. The molecule has 6 heteroatoms. The van der Waals surface area contributed by atoms with Gasteiger partial charge in [-0.15, -0.1) is 0 Å². The summed E-state index contributed by atoms with van der Waals surface area (Å²) in [4.78, 5) is 4.28. The molecular formula is C13H8Cl3N3. The van der Waals surface area contributed by atoms with Gasteiger partial charge in [-0.2, -0.15) is 0 Å². The van der Waals surface area contributed by atoms with E-state index in [1.165, 1.54) is 0 Å². The zero-order valence-electron chi connectivity index (χ0n) is 9.57. The van der Waals surface area contributed by atoms with Gasteiger partial charge in [0.15, 0.2) is 0 Å². The van der Waals surface area contributed by atoms with Crippen LogP contribution in [0.2, 0.25) is 15.1 Å². The van der Waals surface area contributed by atoms with Crippen molar-refractivity contribution in [2.45, 2.75) is 0 Å². The highest BCUT2D eigenvalue weighted by molar-refractivity contribution is 6.43. The predicted molar refractivity (Wildman–Crippen MR) is 80.5 cm³/mol. The van der Waals surface area contributed by atoms with Crippen molar-refractivity contribution in [2.75, 3.05) is 5.73 Å². The molecule has 0 fully saturated rings. The molecule has 2 N–H and O–H groups in total. The average molecular weight is 313 g/mol. The quantitative estimate of drug-likeness (QED) is 0.715. The Hall–Kier alpha value is -1.42. The number of halogens is 3. The van der Waals surface area contributed by atoms with Crippen LogP contribution < -0.4 is 5.73 Å². The summed E-state index contributed by atoms with van der Waals surface area (Å²) in [5, 5.41) is 1.42. The summed E-state index contributed by atoms with van der Waals surface area (Å²) in [6.45, 7) is 0. The number of hydrogen-bond acceptors (Lipinski definition) is 2. The maximum atomic E-state index is 6.23. The standard InChI is InChI=1S/C13H8Cl3N3/c14-7-3-2-6-10(11(7)16)19-12-8(15)4-1-5-9(12)18-13(19)17/h1-6H,(H2,17,18). The number of nitrogens with two attached hydrogens (primary N) is 1. The predicted octanol–water partition coefficient (Wildman–Crippen LogP) is 4.57. The molecule has 0 aliphatic heterocycles. The summed E-state index contributed by atoms with van der Waals surface area (Å²) in [5.74, 6) is 0.312. The first-order valence-corrected chi connectivity index (χ1v) is 6.60. The molecule has 0 spiro atoms. The smallest absolute Gasteiger partial charge is 0.206 e. The SMILES string of the molecule is Nc1nc2cccc(Cl)c2n1-c1cccc(Cl)c1Cl. The molecule has 0 atom stereocenters. The maximum Gasteiger partial charge on any atom is 0.206 e. The lowest BCUT2D eigenvalue weighted by molar-refractivity contribution is 1.11. The highest BCUT2D eigenvalue weighted by atomic mass is 35.5. The molecule has 0 aliphatic carbocycles. The van der Waals surface area contributed by atoms with Crippen LogP contribution in [0, 0.1) is 0 Å². The first-order valence-electron chi connectivity index (χ1n) is 5.46. The lowest BCUT2D eigenvalue weighted by Gasteiger charge is -2.10. The maximum absolute atomic E-state index is 6.23. The molecule has 3 aromatic rings. The Morgan fingerprint density at radius 2 is 1.63 bits per heavy atom. The fourth-order valence-electron chi connectivity index (χ4n) is 2.01. The van der Waals surface area contributed by atoms with Gasteiger partial charge in [-0.05, 0) is 24.3 Å². The van der Waals surface area contributed by atoms with Crippen LogP contribution in [0.25, 0.3) is 16.7 Å². The van der Waals surface area contributed by atoms with Crippen LogP contribution in [0.3, 0.4) is 0 Å².